The van der Waals surface area contributed by atoms with E-state index in [1.54, 1.807) is 23.2 Å². The van der Waals surface area contributed by atoms with Gasteiger partial charge in [-0.15, -0.1) is 0 Å². The second kappa shape index (κ2) is 6.12. The Hall–Kier alpha value is -1.73. The molecule has 0 bridgehead atoms. The number of benzene rings is 1. The Bertz CT molecular complexity index is 469. The standard InChI is InChI=1S/C13H14N2OS/c1-10-4-6-11(7-5-10)13(16)12(17-9-14)8-15(2)3/h4-8H,1-3H3/b12-8-. The Morgan fingerprint density at radius 1 is 1.35 bits per heavy atom. The summed E-state index contributed by atoms with van der Waals surface area (Å²) in [7, 11) is 3.64. The molecular formula is C13H14N2OS. The van der Waals surface area contributed by atoms with Crippen LogP contribution in [0, 0.1) is 17.6 Å². The average molecular weight is 246 g/mol. The van der Waals surface area contributed by atoms with Crippen molar-refractivity contribution in [2.75, 3.05) is 14.1 Å². The van der Waals surface area contributed by atoms with Gasteiger partial charge >= 0.3 is 0 Å². The van der Waals surface area contributed by atoms with E-state index in [0.717, 1.165) is 17.3 Å². The summed E-state index contributed by atoms with van der Waals surface area (Å²) >= 11 is 0.887. The van der Waals surface area contributed by atoms with E-state index in [0.29, 0.717) is 10.5 Å². The Morgan fingerprint density at radius 3 is 2.41 bits per heavy atom. The van der Waals surface area contributed by atoms with Crippen molar-refractivity contribution < 1.29 is 4.79 Å². The molecule has 0 N–H and O–H groups in total. The maximum absolute atomic E-state index is 12.1. The van der Waals surface area contributed by atoms with Crippen molar-refractivity contribution in [3.8, 4) is 5.40 Å². The van der Waals surface area contributed by atoms with E-state index in [9.17, 15) is 4.79 Å². The summed E-state index contributed by atoms with van der Waals surface area (Å²) in [6.07, 6.45) is 1.66. The van der Waals surface area contributed by atoms with Crippen LogP contribution in [0.2, 0.25) is 0 Å². The molecule has 1 aromatic carbocycles. The zero-order valence-corrected chi connectivity index (χ0v) is 10.9. The van der Waals surface area contributed by atoms with E-state index >= 15 is 0 Å². The number of ketones is 1. The molecule has 17 heavy (non-hydrogen) atoms. The number of nitriles is 1. The van der Waals surface area contributed by atoms with Gasteiger partial charge < -0.3 is 4.90 Å². The highest BCUT2D eigenvalue weighted by atomic mass is 32.2. The first-order valence-electron chi connectivity index (χ1n) is 5.10. The largest absolute Gasteiger partial charge is 0.382 e. The van der Waals surface area contributed by atoms with Gasteiger partial charge in [0.15, 0.2) is 0 Å². The molecule has 0 aliphatic heterocycles. The molecule has 0 heterocycles. The number of allylic oxidation sites excluding steroid dienone is 1. The molecule has 0 saturated heterocycles. The Labute approximate surface area is 106 Å². The smallest absolute Gasteiger partial charge is 0.201 e. The van der Waals surface area contributed by atoms with Crippen molar-refractivity contribution in [1.29, 1.82) is 5.26 Å². The van der Waals surface area contributed by atoms with E-state index in [1.165, 1.54) is 0 Å². The van der Waals surface area contributed by atoms with Crippen LogP contribution in [0.3, 0.4) is 0 Å². The minimum atomic E-state index is -0.120. The molecule has 0 unspecified atom stereocenters. The highest BCUT2D eigenvalue weighted by Gasteiger charge is 2.13. The Morgan fingerprint density at radius 2 is 1.94 bits per heavy atom. The third kappa shape index (κ3) is 3.97. The van der Waals surface area contributed by atoms with Gasteiger partial charge in [-0.05, 0) is 18.7 Å². The highest BCUT2D eigenvalue weighted by Crippen LogP contribution is 2.20. The van der Waals surface area contributed by atoms with E-state index in [2.05, 4.69) is 0 Å². The van der Waals surface area contributed by atoms with Gasteiger partial charge in [0.2, 0.25) is 5.78 Å². The van der Waals surface area contributed by atoms with Crippen LogP contribution in [0.1, 0.15) is 15.9 Å². The van der Waals surface area contributed by atoms with Gasteiger partial charge in [0.05, 0.1) is 4.91 Å². The molecule has 3 nitrogen and oxygen atoms in total. The van der Waals surface area contributed by atoms with E-state index < -0.39 is 0 Å². The van der Waals surface area contributed by atoms with Gasteiger partial charge in [0.25, 0.3) is 0 Å². The molecule has 4 heteroatoms. The second-order valence-electron chi connectivity index (χ2n) is 3.85. The van der Waals surface area contributed by atoms with Crippen LogP contribution in [0.5, 0.6) is 0 Å². The molecule has 0 fully saturated rings. The van der Waals surface area contributed by atoms with Crippen LogP contribution in [-0.4, -0.2) is 24.8 Å². The summed E-state index contributed by atoms with van der Waals surface area (Å²) in [5.41, 5.74) is 1.71. The summed E-state index contributed by atoms with van der Waals surface area (Å²) in [5.74, 6) is -0.120. The topological polar surface area (TPSA) is 44.1 Å². The fraction of sp³-hybridized carbons (Fsp3) is 0.231. The minimum absolute atomic E-state index is 0.120. The molecule has 1 rings (SSSR count). The molecule has 88 valence electrons. The number of carbonyl (C=O) groups is 1. The fourth-order valence-corrected chi connectivity index (χ4v) is 1.83. The number of hydrogen-bond acceptors (Lipinski definition) is 4. The van der Waals surface area contributed by atoms with Crippen molar-refractivity contribution in [3.05, 3.63) is 46.5 Å². The van der Waals surface area contributed by atoms with Gasteiger partial charge in [-0.3, -0.25) is 4.79 Å². The molecule has 0 amide bonds. The number of carbonyl (C=O) groups excluding carboxylic acids is 1. The average Bonchev–Trinajstić information content (AvgIpc) is 2.28. The first-order chi connectivity index (χ1) is 8.04. The number of Topliss-reactive ketones (excluding diaryl/α,β-unsaturated/α-hetero) is 1. The molecule has 0 atom stereocenters. The van der Waals surface area contributed by atoms with Crippen molar-refractivity contribution >= 4 is 17.5 Å². The Kier molecular flexibility index (Phi) is 4.80. The number of thiocyanates is 1. The second-order valence-corrected chi connectivity index (χ2v) is 4.67. The van der Waals surface area contributed by atoms with E-state index in [-0.39, 0.29) is 5.78 Å². The van der Waals surface area contributed by atoms with Crippen LogP contribution in [0.25, 0.3) is 0 Å². The number of hydrogen-bond donors (Lipinski definition) is 0. The lowest BCUT2D eigenvalue weighted by molar-refractivity contribution is 0.104. The third-order valence-electron chi connectivity index (χ3n) is 2.07. The lowest BCUT2D eigenvalue weighted by atomic mass is 10.1. The van der Waals surface area contributed by atoms with Crippen molar-refractivity contribution in [1.82, 2.24) is 4.90 Å². The maximum Gasteiger partial charge on any atom is 0.201 e. The van der Waals surface area contributed by atoms with E-state index in [4.69, 9.17) is 5.26 Å². The summed E-state index contributed by atoms with van der Waals surface area (Å²) in [6, 6.07) is 7.33. The first-order valence-corrected chi connectivity index (χ1v) is 5.92. The highest BCUT2D eigenvalue weighted by molar-refractivity contribution is 8.08. The van der Waals surface area contributed by atoms with Crippen LogP contribution >= 0.6 is 11.8 Å². The predicted octanol–water partition coefficient (Wildman–Crippen LogP) is 2.80. The summed E-state index contributed by atoms with van der Waals surface area (Å²) < 4.78 is 0. The molecule has 0 aliphatic rings. The monoisotopic (exact) mass is 246 g/mol. The van der Waals surface area contributed by atoms with Crippen LogP contribution in [-0.2, 0) is 0 Å². The molecule has 0 radical (unpaired) electrons. The fourth-order valence-electron chi connectivity index (χ4n) is 1.26. The van der Waals surface area contributed by atoms with Gasteiger partial charge in [0.1, 0.15) is 5.40 Å². The third-order valence-corrected chi connectivity index (χ3v) is 2.67. The van der Waals surface area contributed by atoms with Gasteiger partial charge in [-0.1, -0.05) is 29.8 Å². The lowest BCUT2D eigenvalue weighted by Gasteiger charge is -2.08. The zero-order valence-electron chi connectivity index (χ0n) is 10.1. The predicted molar refractivity (Wildman–Crippen MR) is 70.5 cm³/mol. The van der Waals surface area contributed by atoms with Gasteiger partial charge in [0, 0.05) is 25.9 Å². The van der Waals surface area contributed by atoms with Crippen LogP contribution in [0.4, 0.5) is 0 Å². The number of rotatable bonds is 4. The van der Waals surface area contributed by atoms with Crippen LogP contribution in [0.15, 0.2) is 35.4 Å². The van der Waals surface area contributed by atoms with Crippen LogP contribution < -0.4 is 0 Å². The molecular weight excluding hydrogens is 232 g/mol. The van der Waals surface area contributed by atoms with Gasteiger partial charge in [-0.2, -0.15) is 5.26 Å². The number of nitrogens with zero attached hydrogens (tertiary/aromatic N) is 2. The summed E-state index contributed by atoms with van der Waals surface area (Å²) in [4.78, 5) is 14.3. The van der Waals surface area contributed by atoms with Gasteiger partial charge in [-0.25, -0.2) is 0 Å². The van der Waals surface area contributed by atoms with Crippen molar-refractivity contribution in [3.63, 3.8) is 0 Å². The minimum Gasteiger partial charge on any atom is -0.382 e. The van der Waals surface area contributed by atoms with E-state index in [1.807, 2.05) is 38.6 Å². The maximum atomic E-state index is 12.1. The van der Waals surface area contributed by atoms with Crippen molar-refractivity contribution in [2.24, 2.45) is 0 Å². The Balaban J connectivity index is 3.01. The lowest BCUT2D eigenvalue weighted by Crippen LogP contribution is -2.07. The molecule has 0 saturated carbocycles. The summed E-state index contributed by atoms with van der Waals surface area (Å²) in [6.45, 7) is 1.97. The molecule has 1 aromatic rings. The molecule has 0 aromatic heterocycles. The SMILES string of the molecule is Cc1ccc(C(=O)/C(=C/N(C)C)SC#N)cc1. The summed E-state index contributed by atoms with van der Waals surface area (Å²) in [5, 5.41) is 10.6. The quantitative estimate of drug-likeness (QED) is 0.465. The normalized spacial score (nSPS) is 10.8. The molecule has 0 aliphatic carbocycles. The zero-order chi connectivity index (χ0) is 12.8. The number of thioether (sulfide) groups is 1. The first kappa shape index (κ1) is 13.3. The number of aryl methyl sites for hydroxylation is 1. The molecule has 0 spiro atoms. The van der Waals surface area contributed by atoms with Crippen molar-refractivity contribution in [2.45, 2.75) is 6.92 Å².